The van der Waals surface area contributed by atoms with Crippen LogP contribution in [-0.4, -0.2) is 38.5 Å². The highest BCUT2D eigenvalue weighted by Gasteiger charge is 2.17. The quantitative estimate of drug-likeness (QED) is 0.786. The Morgan fingerprint density at radius 2 is 1.92 bits per heavy atom. The molecule has 2 aromatic rings. The molecule has 26 heavy (non-hydrogen) atoms. The van der Waals surface area contributed by atoms with Crippen LogP contribution in [0.15, 0.2) is 53.4 Å². The molecule has 2 aromatic carbocycles. The second-order valence-electron chi connectivity index (χ2n) is 5.63. The van der Waals surface area contributed by atoms with Crippen LogP contribution in [0.5, 0.6) is 0 Å². The van der Waals surface area contributed by atoms with Crippen molar-refractivity contribution in [1.82, 2.24) is 4.31 Å². The van der Waals surface area contributed by atoms with Gasteiger partial charge >= 0.3 is 0 Å². The fourth-order valence-corrected chi connectivity index (χ4v) is 3.93. The topological polar surface area (TPSA) is 90.3 Å². The van der Waals surface area contributed by atoms with Crippen molar-refractivity contribution < 1.29 is 13.2 Å². The highest BCUT2D eigenvalue weighted by Crippen LogP contribution is 2.19. The van der Waals surface area contributed by atoms with Gasteiger partial charge in [-0.3, -0.25) is 4.79 Å². The number of hydrogen-bond donors (Lipinski definition) is 1. The summed E-state index contributed by atoms with van der Waals surface area (Å²) in [5.41, 5.74) is 1.91. The lowest BCUT2D eigenvalue weighted by molar-refractivity contribution is -0.113. The highest BCUT2D eigenvalue weighted by atomic mass is 32.2. The van der Waals surface area contributed by atoms with E-state index < -0.39 is 10.0 Å². The minimum absolute atomic E-state index is 0.121. The van der Waals surface area contributed by atoms with Gasteiger partial charge in [0, 0.05) is 25.5 Å². The zero-order chi connectivity index (χ0) is 19.2. The predicted octanol–water partition coefficient (Wildman–Crippen LogP) is 2.68. The van der Waals surface area contributed by atoms with E-state index in [-0.39, 0.29) is 16.6 Å². The lowest BCUT2D eigenvalue weighted by Gasteiger charge is -2.12. The van der Waals surface area contributed by atoms with Gasteiger partial charge in [-0.25, -0.2) is 12.7 Å². The molecule has 0 fully saturated rings. The molecule has 0 spiro atoms. The van der Waals surface area contributed by atoms with Crippen molar-refractivity contribution in [1.29, 1.82) is 5.26 Å². The Morgan fingerprint density at radius 1 is 1.19 bits per heavy atom. The summed E-state index contributed by atoms with van der Waals surface area (Å²) < 4.78 is 25.4. The lowest BCUT2D eigenvalue weighted by Crippen LogP contribution is -2.22. The zero-order valence-electron chi connectivity index (χ0n) is 14.5. The Balaban J connectivity index is 1.95. The van der Waals surface area contributed by atoms with Gasteiger partial charge in [-0.15, -0.1) is 11.8 Å². The molecular weight excluding hydrogens is 370 g/mol. The summed E-state index contributed by atoms with van der Waals surface area (Å²) in [5, 5.41) is 11.8. The molecule has 1 N–H and O–H groups in total. The molecule has 0 unspecified atom stereocenters. The molecule has 0 bridgehead atoms. The van der Waals surface area contributed by atoms with E-state index in [4.69, 9.17) is 5.26 Å². The molecule has 8 heteroatoms. The second-order valence-corrected chi connectivity index (χ2v) is 8.76. The van der Waals surface area contributed by atoms with Crippen LogP contribution in [0.25, 0.3) is 0 Å². The van der Waals surface area contributed by atoms with Crippen molar-refractivity contribution in [2.45, 2.75) is 10.6 Å². The van der Waals surface area contributed by atoms with Crippen molar-refractivity contribution in [2.75, 3.05) is 25.2 Å². The minimum atomic E-state index is -3.55. The number of sulfonamides is 1. The van der Waals surface area contributed by atoms with Gasteiger partial charge in [-0.2, -0.15) is 5.26 Å². The van der Waals surface area contributed by atoms with Crippen LogP contribution in [0, 0.1) is 11.3 Å². The smallest absolute Gasteiger partial charge is 0.242 e. The van der Waals surface area contributed by atoms with E-state index >= 15 is 0 Å². The van der Waals surface area contributed by atoms with Gasteiger partial charge in [0.1, 0.15) is 0 Å². The summed E-state index contributed by atoms with van der Waals surface area (Å²) in [4.78, 5) is 12.2. The molecule has 0 aliphatic carbocycles. The third-order valence-corrected chi connectivity index (χ3v) is 6.32. The largest absolute Gasteiger partial charge is 0.325 e. The van der Waals surface area contributed by atoms with Crippen LogP contribution in [0.3, 0.4) is 0 Å². The number of carbonyl (C=O) groups excluding carboxylic acids is 1. The van der Waals surface area contributed by atoms with Gasteiger partial charge in [-0.1, -0.05) is 24.3 Å². The Morgan fingerprint density at radius 3 is 2.62 bits per heavy atom. The van der Waals surface area contributed by atoms with Gasteiger partial charge < -0.3 is 5.32 Å². The number of amides is 1. The van der Waals surface area contributed by atoms with Gasteiger partial charge in [0.05, 0.1) is 22.3 Å². The Labute approximate surface area is 157 Å². The third kappa shape index (κ3) is 5.08. The number of nitrogens with zero attached hydrogens (tertiary/aromatic N) is 2. The highest BCUT2D eigenvalue weighted by molar-refractivity contribution is 7.99. The second kappa shape index (κ2) is 8.85. The van der Waals surface area contributed by atoms with Crippen molar-refractivity contribution in [3.8, 4) is 6.07 Å². The summed E-state index contributed by atoms with van der Waals surface area (Å²) in [6.45, 7) is 0. The first-order chi connectivity index (χ1) is 12.3. The summed E-state index contributed by atoms with van der Waals surface area (Å²) in [6.07, 6.45) is 0. The fraction of sp³-hybridized carbons (Fsp3) is 0.222. The van der Waals surface area contributed by atoms with Gasteiger partial charge in [0.25, 0.3) is 0 Å². The molecule has 0 aromatic heterocycles. The zero-order valence-corrected chi connectivity index (χ0v) is 16.1. The standard InChI is InChI=1S/C18H19N3O3S2/c1-21(2)26(23,24)17-9-5-8-16(10-17)20-18(22)13-25-12-15-7-4-3-6-14(15)11-19/h3-10H,12-13H2,1-2H3,(H,20,22). The number of carbonyl (C=O) groups is 1. The van der Waals surface area contributed by atoms with E-state index in [9.17, 15) is 13.2 Å². The van der Waals surface area contributed by atoms with E-state index in [1.54, 1.807) is 24.3 Å². The third-order valence-electron chi connectivity index (χ3n) is 3.52. The van der Waals surface area contributed by atoms with Crippen molar-refractivity contribution >= 4 is 33.4 Å². The molecule has 6 nitrogen and oxygen atoms in total. The SMILES string of the molecule is CN(C)S(=O)(=O)c1cccc(NC(=O)CSCc2ccccc2C#N)c1. The summed E-state index contributed by atoms with van der Waals surface area (Å²) in [6, 6.07) is 15.5. The number of nitrogens with one attached hydrogen (secondary N) is 1. The van der Waals surface area contributed by atoms with Crippen LogP contribution in [0.2, 0.25) is 0 Å². The van der Waals surface area contributed by atoms with Crippen molar-refractivity contribution in [2.24, 2.45) is 0 Å². The molecule has 0 aliphatic rings. The first kappa shape index (κ1) is 20.0. The Hall–Kier alpha value is -2.34. The number of thioether (sulfide) groups is 1. The number of rotatable bonds is 7. The van der Waals surface area contributed by atoms with Gasteiger partial charge in [0.2, 0.25) is 15.9 Å². The molecule has 0 saturated heterocycles. The van der Waals surface area contributed by atoms with E-state index in [0.29, 0.717) is 17.0 Å². The maximum Gasteiger partial charge on any atom is 0.242 e. The average molecular weight is 390 g/mol. The number of benzene rings is 2. The van der Waals surface area contributed by atoms with Crippen LogP contribution >= 0.6 is 11.8 Å². The maximum absolute atomic E-state index is 12.1. The first-order valence-electron chi connectivity index (χ1n) is 7.73. The van der Waals surface area contributed by atoms with Gasteiger partial charge in [0.15, 0.2) is 0 Å². The summed E-state index contributed by atoms with van der Waals surface area (Å²) in [5.74, 6) is 0.514. The summed E-state index contributed by atoms with van der Waals surface area (Å²) >= 11 is 1.39. The monoisotopic (exact) mass is 389 g/mol. The van der Waals surface area contributed by atoms with Crippen molar-refractivity contribution in [3.05, 3.63) is 59.7 Å². The van der Waals surface area contributed by atoms with E-state index in [2.05, 4.69) is 11.4 Å². The Kier molecular flexibility index (Phi) is 6.80. The van der Waals surface area contributed by atoms with Crippen LogP contribution < -0.4 is 5.32 Å². The molecule has 2 rings (SSSR count). The van der Waals surface area contributed by atoms with Crippen LogP contribution in [0.4, 0.5) is 5.69 Å². The Bertz CT molecular complexity index is 935. The van der Waals surface area contributed by atoms with E-state index in [1.807, 2.05) is 12.1 Å². The van der Waals surface area contributed by atoms with E-state index in [1.165, 1.54) is 38.0 Å². The maximum atomic E-state index is 12.1. The number of hydrogen-bond acceptors (Lipinski definition) is 5. The number of anilines is 1. The molecule has 0 aliphatic heterocycles. The molecule has 0 heterocycles. The number of nitriles is 1. The van der Waals surface area contributed by atoms with E-state index in [0.717, 1.165) is 9.87 Å². The molecule has 0 radical (unpaired) electrons. The lowest BCUT2D eigenvalue weighted by atomic mass is 10.1. The average Bonchev–Trinajstić information content (AvgIpc) is 2.62. The fourth-order valence-electron chi connectivity index (χ4n) is 2.15. The molecular formula is C18H19N3O3S2. The molecule has 136 valence electrons. The first-order valence-corrected chi connectivity index (χ1v) is 10.3. The predicted molar refractivity (Wildman–Crippen MR) is 103 cm³/mol. The summed E-state index contributed by atoms with van der Waals surface area (Å²) in [7, 11) is -0.640. The molecule has 0 saturated carbocycles. The molecule has 0 atom stereocenters. The minimum Gasteiger partial charge on any atom is -0.325 e. The normalized spacial score (nSPS) is 11.2. The molecule has 1 amide bonds. The van der Waals surface area contributed by atoms with Crippen molar-refractivity contribution in [3.63, 3.8) is 0 Å². The van der Waals surface area contributed by atoms with Crippen LogP contribution in [-0.2, 0) is 20.6 Å². The van der Waals surface area contributed by atoms with Gasteiger partial charge in [-0.05, 0) is 29.8 Å². The van der Waals surface area contributed by atoms with Crippen LogP contribution in [0.1, 0.15) is 11.1 Å².